The molecule has 0 saturated carbocycles. The maximum absolute atomic E-state index is 13.5. The molecule has 1 atom stereocenters. The Morgan fingerprint density at radius 1 is 1.29 bits per heavy atom. The van der Waals surface area contributed by atoms with E-state index in [1.54, 1.807) is 4.67 Å². The van der Waals surface area contributed by atoms with Gasteiger partial charge in [0.25, 0.3) is 0 Å². The first kappa shape index (κ1) is 14.5. The third kappa shape index (κ3) is 4.44. The molecule has 1 aromatic rings. The van der Waals surface area contributed by atoms with Gasteiger partial charge in [-0.3, -0.25) is 4.57 Å². The Labute approximate surface area is 139 Å². The van der Waals surface area contributed by atoms with E-state index < -0.39 is 14.2 Å². The maximum Gasteiger partial charge on any atom is 0.346 e. The van der Waals surface area contributed by atoms with Gasteiger partial charge in [0.15, 0.2) is 0 Å². The largest absolute Gasteiger partial charge is 0.346 e. The average Bonchev–Trinajstić information content (AvgIpc) is 2.52. The van der Waals surface area contributed by atoms with Crippen LogP contribution in [-0.4, -0.2) is 47.3 Å². The summed E-state index contributed by atoms with van der Waals surface area (Å²) < 4.78 is 38.6. The minimum Gasteiger partial charge on any atom is -0.306 e. The zero-order valence-corrected chi connectivity index (χ0v) is 14.2. The van der Waals surface area contributed by atoms with Gasteiger partial charge in [0, 0.05) is 40.6 Å². The Morgan fingerprint density at radius 2 is 1.95 bits per heavy atom. The van der Waals surface area contributed by atoms with Crippen molar-refractivity contribution in [2.45, 2.75) is 13.0 Å². The summed E-state index contributed by atoms with van der Waals surface area (Å²) in [5.41, 5.74) is 0.874. The van der Waals surface area contributed by atoms with Crippen LogP contribution in [0.2, 0.25) is 0 Å². The summed E-state index contributed by atoms with van der Waals surface area (Å²) in [5, 5.41) is 0. The molecule has 0 aliphatic carbocycles. The molecule has 0 spiro atoms. The minimum absolute atomic E-state index is 0.108. The molecule has 1 saturated heterocycles. The lowest BCUT2D eigenvalue weighted by Crippen LogP contribution is -2.38. The van der Waals surface area contributed by atoms with E-state index in [1.807, 2.05) is 30.3 Å². The van der Waals surface area contributed by atoms with Crippen molar-refractivity contribution in [3.05, 3.63) is 35.9 Å². The van der Waals surface area contributed by atoms with Gasteiger partial charge in [-0.2, -0.15) is 0 Å². The Kier molecular flexibility index (Phi) is 5.88. The standard InChI is InChI=1S/C14H21Cl2N2O2P/c15-7-10-17(11-8-16)21(19)18(9-4-12-20-21)13-14-5-2-1-3-6-14/h1-3,5-6H,4,7-13H2/i9D2. The molecule has 1 aromatic carbocycles. The van der Waals surface area contributed by atoms with E-state index in [0.29, 0.717) is 13.1 Å². The molecule has 0 aromatic heterocycles. The molecule has 1 aliphatic heterocycles. The van der Waals surface area contributed by atoms with Gasteiger partial charge >= 0.3 is 7.67 Å². The monoisotopic (exact) mass is 352 g/mol. The second kappa shape index (κ2) is 8.52. The van der Waals surface area contributed by atoms with Crippen LogP contribution in [0.1, 0.15) is 14.7 Å². The fourth-order valence-electron chi connectivity index (χ4n) is 2.19. The molecular weight excluding hydrogens is 330 g/mol. The molecule has 21 heavy (non-hydrogen) atoms. The quantitative estimate of drug-likeness (QED) is 0.552. The van der Waals surface area contributed by atoms with Crippen LogP contribution >= 0.6 is 30.9 Å². The summed E-state index contributed by atoms with van der Waals surface area (Å²) >= 11 is 11.6. The van der Waals surface area contributed by atoms with E-state index in [9.17, 15) is 4.57 Å². The van der Waals surface area contributed by atoms with Crippen molar-refractivity contribution >= 4 is 30.9 Å². The molecule has 0 radical (unpaired) electrons. The first-order valence-corrected chi connectivity index (χ1v) is 9.48. The maximum atomic E-state index is 13.5. The number of hydrogen-bond donors (Lipinski definition) is 0. The molecular formula is C14H21Cl2N2O2P. The predicted molar refractivity (Wildman–Crippen MR) is 88.0 cm³/mol. The van der Waals surface area contributed by atoms with Crippen molar-refractivity contribution in [1.29, 1.82) is 0 Å². The van der Waals surface area contributed by atoms with Crippen molar-refractivity contribution in [2.24, 2.45) is 0 Å². The lowest BCUT2D eigenvalue weighted by atomic mass is 10.2. The van der Waals surface area contributed by atoms with E-state index in [2.05, 4.69) is 0 Å². The highest BCUT2D eigenvalue weighted by atomic mass is 35.5. The second-order valence-electron chi connectivity index (χ2n) is 4.61. The summed E-state index contributed by atoms with van der Waals surface area (Å²) in [6.07, 6.45) is 0.166. The summed E-state index contributed by atoms with van der Waals surface area (Å²) in [6, 6.07) is 9.38. The first-order chi connectivity index (χ1) is 10.9. The zero-order chi connectivity index (χ0) is 16.9. The smallest absolute Gasteiger partial charge is 0.306 e. The van der Waals surface area contributed by atoms with Crippen LogP contribution in [0, 0.1) is 0 Å². The fraction of sp³-hybridized carbons (Fsp3) is 0.571. The third-order valence-electron chi connectivity index (χ3n) is 3.18. The Bertz CT molecular complexity index is 545. The van der Waals surface area contributed by atoms with Crippen molar-refractivity contribution < 1.29 is 11.8 Å². The van der Waals surface area contributed by atoms with Crippen LogP contribution in [0.3, 0.4) is 0 Å². The summed E-state index contributed by atoms with van der Waals surface area (Å²) in [4.78, 5) is 0. The lowest BCUT2D eigenvalue weighted by Gasteiger charge is -2.40. The van der Waals surface area contributed by atoms with Crippen LogP contribution in [0.4, 0.5) is 0 Å². The second-order valence-corrected chi connectivity index (χ2v) is 7.65. The van der Waals surface area contributed by atoms with E-state index in [0.717, 1.165) is 5.56 Å². The number of rotatable bonds is 7. The van der Waals surface area contributed by atoms with Crippen molar-refractivity contribution in [2.75, 3.05) is 38.0 Å². The molecule has 1 heterocycles. The molecule has 0 bridgehead atoms. The Balaban J connectivity index is 2.34. The third-order valence-corrected chi connectivity index (χ3v) is 6.04. The van der Waals surface area contributed by atoms with Gasteiger partial charge in [0.2, 0.25) is 0 Å². The molecule has 2 rings (SSSR count). The van der Waals surface area contributed by atoms with Crippen LogP contribution in [-0.2, 0) is 15.6 Å². The average molecular weight is 353 g/mol. The topological polar surface area (TPSA) is 32.8 Å². The number of hydrogen-bond acceptors (Lipinski definition) is 2. The highest BCUT2D eigenvalue weighted by Crippen LogP contribution is 2.56. The van der Waals surface area contributed by atoms with Crippen LogP contribution in [0.5, 0.6) is 0 Å². The fourth-order valence-corrected chi connectivity index (χ4v) is 5.10. The van der Waals surface area contributed by atoms with Crippen LogP contribution < -0.4 is 0 Å². The number of halogens is 2. The molecule has 0 amide bonds. The van der Waals surface area contributed by atoms with Crippen LogP contribution in [0.15, 0.2) is 30.3 Å². The molecule has 1 aliphatic rings. The van der Waals surface area contributed by atoms with Gasteiger partial charge < -0.3 is 4.52 Å². The molecule has 4 nitrogen and oxygen atoms in total. The van der Waals surface area contributed by atoms with Crippen molar-refractivity contribution in [1.82, 2.24) is 9.34 Å². The van der Waals surface area contributed by atoms with Crippen molar-refractivity contribution in [3.63, 3.8) is 0 Å². The molecule has 7 heteroatoms. The van der Waals surface area contributed by atoms with Gasteiger partial charge in [-0.15, -0.1) is 23.2 Å². The SMILES string of the molecule is [2H]C1([2H])CCOP(=O)(N(CCCl)CCCl)N1Cc1ccccc1. The molecule has 118 valence electrons. The molecule has 1 fully saturated rings. The predicted octanol–water partition coefficient (Wildman–Crippen LogP) is 3.80. The van der Waals surface area contributed by atoms with Gasteiger partial charge in [0.05, 0.1) is 6.61 Å². The summed E-state index contributed by atoms with van der Waals surface area (Å²) in [5.74, 6) is 0.541. The highest BCUT2D eigenvalue weighted by molar-refractivity contribution is 7.54. The normalized spacial score (nSPS) is 27.4. The number of benzene rings is 1. The lowest BCUT2D eigenvalue weighted by molar-refractivity contribution is 0.164. The highest BCUT2D eigenvalue weighted by Gasteiger charge is 2.40. The molecule has 1 unspecified atom stereocenters. The molecule has 0 N–H and O–H groups in total. The van der Waals surface area contributed by atoms with Gasteiger partial charge in [0.1, 0.15) is 0 Å². The van der Waals surface area contributed by atoms with Crippen molar-refractivity contribution in [3.8, 4) is 0 Å². The summed E-state index contributed by atoms with van der Waals surface area (Å²) in [6.45, 7) is -0.761. The van der Waals surface area contributed by atoms with E-state index in [4.69, 9.17) is 30.5 Å². The van der Waals surface area contributed by atoms with E-state index >= 15 is 0 Å². The number of nitrogens with zero attached hydrogens (tertiary/aromatic N) is 2. The Morgan fingerprint density at radius 3 is 2.57 bits per heavy atom. The van der Waals surface area contributed by atoms with E-state index in [1.165, 1.54) is 4.67 Å². The number of alkyl halides is 2. The summed E-state index contributed by atoms with van der Waals surface area (Å²) in [7, 11) is -3.53. The van der Waals surface area contributed by atoms with Gasteiger partial charge in [-0.25, -0.2) is 9.34 Å². The van der Waals surface area contributed by atoms with Gasteiger partial charge in [-0.1, -0.05) is 30.3 Å². The zero-order valence-electron chi connectivity index (χ0n) is 13.8. The Hall–Kier alpha value is -0.0900. The minimum atomic E-state index is -3.53. The van der Waals surface area contributed by atoms with E-state index in [-0.39, 0.29) is 31.3 Å². The van der Waals surface area contributed by atoms with Gasteiger partial charge in [-0.05, 0) is 12.0 Å². The van der Waals surface area contributed by atoms with Crippen LogP contribution in [0.25, 0.3) is 0 Å². The first-order valence-electron chi connectivity index (χ1n) is 7.88.